The number of benzene rings is 1. The van der Waals surface area contributed by atoms with Gasteiger partial charge in [-0.1, -0.05) is 56.3 Å². The van der Waals surface area contributed by atoms with Crippen LogP contribution in [0.4, 0.5) is 4.79 Å². The Morgan fingerprint density at radius 1 is 1.00 bits per heavy atom. The van der Waals surface area contributed by atoms with E-state index in [0.29, 0.717) is 19.5 Å². The zero-order chi connectivity index (χ0) is 22.0. The largest absolute Gasteiger partial charge is 0.325 e. The van der Waals surface area contributed by atoms with Crippen LogP contribution in [0.1, 0.15) is 45.1 Å². The van der Waals surface area contributed by atoms with E-state index in [0.717, 1.165) is 31.2 Å². The number of nitrogens with zero attached hydrogens (tertiary/aromatic N) is 2. The smallest absolute Gasteiger partial charge is 0.319 e. The molecular weight excluding hydrogens is 390 g/mol. The zero-order valence-electron chi connectivity index (χ0n) is 18.5. The fourth-order valence-electron chi connectivity index (χ4n) is 5.54. The van der Waals surface area contributed by atoms with Crippen LogP contribution in [0.15, 0.2) is 42.5 Å². The second-order valence-corrected chi connectivity index (χ2v) is 9.03. The minimum absolute atomic E-state index is 0.118. The molecule has 0 spiro atoms. The molecule has 31 heavy (non-hydrogen) atoms. The van der Waals surface area contributed by atoms with E-state index in [1.807, 2.05) is 44.2 Å². The lowest BCUT2D eigenvalue weighted by Crippen LogP contribution is -2.55. The first-order valence-electron chi connectivity index (χ1n) is 11.7. The first-order chi connectivity index (χ1) is 15.0. The Bertz CT molecular complexity index is 815. The van der Waals surface area contributed by atoms with E-state index >= 15 is 0 Å². The van der Waals surface area contributed by atoms with Crippen molar-refractivity contribution >= 4 is 17.8 Å². The molecule has 6 nitrogen and oxygen atoms in total. The van der Waals surface area contributed by atoms with Crippen LogP contribution in [0.5, 0.6) is 0 Å². The summed E-state index contributed by atoms with van der Waals surface area (Å²) in [6.07, 6.45) is 7.64. The van der Waals surface area contributed by atoms with Crippen molar-refractivity contribution in [3.05, 3.63) is 48.0 Å². The number of nitrogens with one attached hydrogen (secondary N) is 1. The zero-order valence-corrected chi connectivity index (χ0v) is 18.5. The van der Waals surface area contributed by atoms with Crippen LogP contribution in [0.2, 0.25) is 0 Å². The molecule has 0 unspecified atom stereocenters. The molecule has 5 atom stereocenters. The molecule has 1 aromatic carbocycles. The van der Waals surface area contributed by atoms with Gasteiger partial charge in [0.15, 0.2) is 0 Å². The number of rotatable bonds is 8. The fraction of sp³-hybridized carbons (Fsp3) is 0.560. The summed E-state index contributed by atoms with van der Waals surface area (Å²) in [5.41, 5.74) is 0.988. The van der Waals surface area contributed by atoms with E-state index < -0.39 is 6.17 Å². The standard InChI is InChI=1S/C25H33N3O3/c1-3-14-27(15-4-2)25(31)26-20(16-17-8-6-5-7-9-17)28-23(29)21-18-10-11-19(13-12-18)22(21)24(28)30/h5-11,18-22H,3-4,12-16H2,1-2H3,(H,26,31)/t18-,19-,20-,21-,22-/m0/s1. The van der Waals surface area contributed by atoms with Crippen LogP contribution >= 0.6 is 0 Å². The van der Waals surface area contributed by atoms with Crippen molar-refractivity contribution in [3.63, 3.8) is 0 Å². The highest BCUT2D eigenvalue weighted by atomic mass is 16.2. The maximum absolute atomic E-state index is 13.5. The van der Waals surface area contributed by atoms with E-state index in [1.165, 1.54) is 4.90 Å². The van der Waals surface area contributed by atoms with Gasteiger partial charge in [0.1, 0.15) is 6.17 Å². The molecule has 4 aliphatic rings. The Balaban J connectivity index is 1.60. The van der Waals surface area contributed by atoms with Crippen LogP contribution < -0.4 is 5.32 Å². The maximum atomic E-state index is 13.5. The number of amides is 4. The molecule has 1 saturated carbocycles. The number of likely N-dealkylation sites (tertiary alicyclic amines) is 1. The third-order valence-corrected chi connectivity index (χ3v) is 6.94. The second-order valence-electron chi connectivity index (χ2n) is 9.03. The van der Waals surface area contributed by atoms with Crippen LogP contribution in [-0.4, -0.2) is 46.9 Å². The molecule has 6 heteroatoms. The summed E-state index contributed by atoms with van der Waals surface area (Å²) in [6.45, 7) is 5.38. The number of urea groups is 1. The van der Waals surface area contributed by atoms with E-state index in [1.54, 1.807) is 4.90 Å². The lowest BCUT2D eigenvalue weighted by Gasteiger charge is -2.38. The molecule has 5 rings (SSSR count). The molecule has 1 saturated heterocycles. The summed E-state index contributed by atoms with van der Waals surface area (Å²) in [5, 5.41) is 3.05. The number of allylic oxidation sites excluding steroid dienone is 2. The van der Waals surface area contributed by atoms with Crippen molar-refractivity contribution in [2.45, 2.75) is 52.1 Å². The van der Waals surface area contributed by atoms with E-state index in [9.17, 15) is 14.4 Å². The molecule has 0 radical (unpaired) electrons. The average molecular weight is 424 g/mol. The van der Waals surface area contributed by atoms with Gasteiger partial charge in [-0.15, -0.1) is 0 Å². The van der Waals surface area contributed by atoms with Crippen LogP contribution in [0.3, 0.4) is 0 Å². The van der Waals surface area contributed by atoms with Crippen molar-refractivity contribution < 1.29 is 14.4 Å². The van der Waals surface area contributed by atoms with Gasteiger partial charge in [0.25, 0.3) is 0 Å². The molecule has 2 bridgehead atoms. The predicted octanol–water partition coefficient (Wildman–Crippen LogP) is 3.58. The van der Waals surface area contributed by atoms with Crippen LogP contribution in [0, 0.1) is 23.7 Å². The molecule has 0 aromatic heterocycles. The fourth-order valence-corrected chi connectivity index (χ4v) is 5.54. The summed E-state index contributed by atoms with van der Waals surface area (Å²) >= 11 is 0. The highest BCUT2D eigenvalue weighted by Crippen LogP contribution is 2.50. The first-order valence-corrected chi connectivity index (χ1v) is 11.7. The van der Waals surface area contributed by atoms with Gasteiger partial charge in [-0.25, -0.2) is 4.79 Å². The third kappa shape index (κ3) is 4.12. The first kappa shape index (κ1) is 21.6. The van der Waals surface area contributed by atoms with Gasteiger partial charge in [0.2, 0.25) is 11.8 Å². The molecule has 3 aliphatic carbocycles. The Morgan fingerprint density at radius 3 is 2.03 bits per heavy atom. The van der Waals surface area contributed by atoms with Crippen molar-refractivity contribution in [1.29, 1.82) is 0 Å². The Morgan fingerprint density at radius 2 is 1.55 bits per heavy atom. The number of imide groups is 1. The van der Waals surface area contributed by atoms with Gasteiger partial charge < -0.3 is 10.2 Å². The predicted molar refractivity (Wildman–Crippen MR) is 119 cm³/mol. The van der Waals surface area contributed by atoms with Gasteiger partial charge in [-0.3, -0.25) is 14.5 Å². The van der Waals surface area contributed by atoms with Crippen LogP contribution in [-0.2, 0) is 16.0 Å². The van der Waals surface area contributed by atoms with Gasteiger partial charge in [-0.05, 0) is 43.1 Å². The highest BCUT2D eigenvalue weighted by Gasteiger charge is 2.58. The van der Waals surface area contributed by atoms with Crippen molar-refractivity contribution in [2.75, 3.05) is 13.1 Å². The van der Waals surface area contributed by atoms with E-state index in [-0.39, 0.29) is 41.5 Å². The number of carbonyl (C=O) groups excluding carboxylic acids is 3. The van der Waals surface area contributed by atoms with Gasteiger partial charge in [0, 0.05) is 19.5 Å². The molecule has 1 heterocycles. The van der Waals surface area contributed by atoms with Gasteiger partial charge in [-0.2, -0.15) is 0 Å². The summed E-state index contributed by atoms with van der Waals surface area (Å²) in [5.74, 6) is -0.495. The van der Waals surface area contributed by atoms with Crippen molar-refractivity contribution in [2.24, 2.45) is 23.7 Å². The molecule has 1 aromatic rings. The minimum atomic E-state index is -0.670. The van der Waals surface area contributed by atoms with Crippen molar-refractivity contribution in [3.8, 4) is 0 Å². The number of fused-ring (bicyclic) bond motifs is 1. The normalized spacial score (nSPS) is 27.4. The quantitative estimate of drug-likeness (QED) is 0.513. The Kier molecular flexibility index (Phi) is 6.44. The summed E-state index contributed by atoms with van der Waals surface area (Å²) in [7, 11) is 0. The minimum Gasteiger partial charge on any atom is -0.325 e. The van der Waals surface area contributed by atoms with Gasteiger partial charge >= 0.3 is 6.03 Å². The number of hydrogen-bond donors (Lipinski definition) is 1. The average Bonchev–Trinajstić information content (AvgIpc) is 3.07. The molecular formula is C25H33N3O3. The molecule has 4 amide bonds. The highest BCUT2D eigenvalue weighted by molar-refractivity contribution is 6.06. The number of hydrogen-bond acceptors (Lipinski definition) is 3. The maximum Gasteiger partial charge on any atom is 0.319 e. The van der Waals surface area contributed by atoms with Crippen molar-refractivity contribution in [1.82, 2.24) is 15.1 Å². The monoisotopic (exact) mass is 423 g/mol. The van der Waals surface area contributed by atoms with E-state index in [4.69, 9.17) is 0 Å². The molecule has 166 valence electrons. The SMILES string of the molecule is CCCN(CCC)C(=O)N[C@H](Cc1ccccc1)N1C(=O)[C@@H]2[C@@H](C1=O)[C@H]1C=C[C@H]2CC1. The Labute approximate surface area is 184 Å². The molecule has 1 aliphatic heterocycles. The molecule has 1 N–H and O–H groups in total. The second kappa shape index (κ2) is 9.25. The summed E-state index contributed by atoms with van der Waals surface area (Å²) < 4.78 is 0. The van der Waals surface area contributed by atoms with Gasteiger partial charge in [0.05, 0.1) is 11.8 Å². The van der Waals surface area contributed by atoms with E-state index in [2.05, 4.69) is 17.5 Å². The lowest BCUT2D eigenvalue weighted by atomic mass is 9.63. The van der Waals surface area contributed by atoms with Crippen LogP contribution in [0.25, 0.3) is 0 Å². The Hall–Kier alpha value is -2.63. The number of carbonyl (C=O) groups is 3. The lowest BCUT2D eigenvalue weighted by molar-refractivity contribution is -0.143. The summed E-state index contributed by atoms with van der Waals surface area (Å²) in [4.78, 5) is 43.2. The molecule has 2 fully saturated rings. The summed E-state index contributed by atoms with van der Waals surface area (Å²) in [6, 6.07) is 9.54. The third-order valence-electron chi connectivity index (χ3n) is 6.94. The topological polar surface area (TPSA) is 69.7 Å².